The van der Waals surface area contributed by atoms with Crippen molar-refractivity contribution in [3.63, 3.8) is 0 Å². The average Bonchev–Trinajstić information content (AvgIpc) is 3.17. The summed E-state index contributed by atoms with van der Waals surface area (Å²) >= 11 is 1.67. The third-order valence-corrected chi connectivity index (χ3v) is 6.31. The lowest BCUT2D eigenvalue weighted by Crippen LogP contribution is -2.26. The van der Waals surface area contributed by atoms with E-state index < -0.39 is 21.5 Å². The second-order valence-electron chi connectivity index (χ2n) is 5.94. The predicted octanol–water partition coefficient (Wildman–Crippen LogP) is 2.74. The molecule has 0 fully saturated rings. The van der Waals surface area contributed by atoms with E-state index in [4.69, 9.17) is 4.52 Å². The fourth-order valence-corrected chi connectivity index (χ4v) is 4.08. The summed E-state index contributed by atoms with van der Waals surface area (Å²) in [6.07, 6.45) is 2.67. The number of aromatic nitrogens is 2. The number of amides is 1. The van der Waals surface area contributed by atoms with E-state index in [1.165, 1.54) is 17.0 Å². The lowest BCUT2D eigenvalue weighted by atomic mass is 10.1. The Morgan fingerprint density at radius 2 is 1.82 bits per heavy atom. The average molecular weight is 418 g/mol. The van der Waals surface area contributed by atoms with Gasteiger partial charge in [-0.15, -0.1) is 11.8 Å². The molecule has 1 N–H and O–H groups in total. The summed E-state index contributed by atoms with van der Waals surface area (Å²) in [5.41, 5.74) is 1.10. The second kappa shape index (κ2) is 9.03. The van der Waals surface area contributed by atoms with Gasteiger partial charge in [0, 0.05) is 11.4 Å². The number of hydrogen-bond acceptors (Lipinski definition) is 7. The lowest BCUT2D eigenvalue weighted by molar-refractivity contribution is 0.0910. The van der Waals surface area contributed by atoms with Crippen molar-refractivity contribution in [2.24, 2.45) is 0 Å². The van der Waals surface area contributed by atoms with Crippen LogP contribution in [0.2, 0.25) is 0 Å². The third kappa shape index (κ3) is 5.20. The maximum atomic E-state index is 12.3. The third-order valence-electron chi connectivity index (χ3n) is 3.94. The molecule has 7 nitrogen and oxygen atoms in total. The molecule has 0 saturated carbocycles. The number of nitrogens with zero attached hydrogens (tertiary/aromatic N) is 2. The summed E-state index contributed by atoms with van der Waals surface area (Å²) in [7, 11) is -3.60. The molecule has 0 aliphatic heterocycles. The maximum absolute atomic E-state index is 12.3. The van der Waals surface area contributed by atoms with Crippen molar-refractivity contribution in [2.45, 2.75) is 22.0 Å². The van der Waals surface area contributed by atoms with Crippen LogP contribution in [0.1, 0.15) is 22.1 Å². The van der Waals surface area contributed by atoms with E-state index in [1.54, 1.807) is 30.0 Å². The van der Waals surface area contributed by atoms with Crippen LogP contribution in [0.3, 0.4) is 0 Å². The van der Waals surface area contributed by atoms with Gasteiger partial charge in [0.1, 0.15) is 5.75 Å². The van der Waals surface area contributed by atoms with E-state index >= 15 is 0 Å². The molecule has 1 amide bonds. The molecule has 0 aliphatic rings. The van der Waals surface area contributed by atoms with Gasteiger partial charge in [-0.25, -0.2) is 8.42 Å². The smallest absolute Gasteiger partial charge is 0.315 e. The molecular formula is C19H19N3O4S2. The van der Waals surface area contributed by atoms with Gasteiger partial charge in [0.05, 0.1) is 4.90 Å². The van der Waals surface area contributed by atoms with Gasteiger partial charge in [-0.05, 0) is 42.5 Å². The molecule has 0 aliphatic carbocycles. The number of nitrogens with one attached hydrogen (secondary N) is 1. The number of hydrogen-bond donors (Lipinski definition) is 1. The topological polar surface area (TPSA) is 102 Å². The van der Waals surface area contributed by atoms with Gasteiger partial charge in [0.2, 0.25) is 0 Å². The van der Waals surface area contributed by atoms with Crippen molar-refractivity contribution < 1.29 is 17.7 Å². The SMILES string of the molecule is CSc1ccc(CCNC(=O)c2nc(CS(=O)(=O)c3ccccc3)no2)cc1. The van der Waals surface area contributed by atoms with Gasteiger partial charge in [-0.2, -0.15) is 4.98 Å². The number of rotatable bonds is 8. The number of thioether (sulfide) groups is 1. The Bertz CT molecular complexity index is 1030. The molecule has 1 heterocycles. The van der Waals surface area contributed by atoms with Gasteiger partial charge in [-0.1, -0.05) is 35.5 Å². The molecule has 28 heavy (non-hydrogen) atoms. The highest BCUT2D eigenvalue weighted by molar-refractivity contribution is 7.98. The molecule has 1 aromatic heterocycles. The van der Waals surface area contributed by atoms with E-state index in [1.807, 2.05) is 30.5 Å². The summed E-state index contributed by atoms with van der Waals surface area (Å²) in [6, 6.07) is 16.1. The number of carbonyl (C=O) groups is 1. The Balaban J connectivity index is 1.55. The fraction of sp³-hybridized carbons (Fsp3) is 0.211. The Morgan fingerprint density at radius 1 is 1.11 bits per heavy atom. The molecule has 9 heteroatoms. The van der Waals surface area contributed by atoms with Gasteiger partial charge >= 0.3 is 11.8 Å². The molecule has 0 saturated heterocycles. The first-order chi connectivity index (χ1) is 13.5. The molecule has 2 aromatic carbocycles. The Hall–Kier alpha value is -2.65. The van der Waals surface area contributed by atoms with Crippen LogP contribution in [0.25, 0.3) is 0 Å². The van der Waals surface area contributed by atoms with E-state index in [9.17, 15) is 13.2 Å². The molecule has 146 valence electrons. The normalized spacial score (nSPS) is 11.3. The quantitative estimate of drug-likeness (QED) is 0.562. The molecule has 0 spiro atoms. The van der Waals surface area contributed by atoms with Gasteiger partial charge in [0.15, 0.2) is 15.7 Å². The standard InChI is InChI=1S/C19H19N3O4S2/c1-27-15-9-7-14(8-10-15)11-12-20-18(23)19-21-17(22-26-19)13-28(24,25)16-5-3-2-4-6-16/h2-10H,11-13H2,1H3,(H,20,23). The second-order valence-corrected chi connectivity index (χ2v) is 8.81. The lowest BCUT2D eigenvalue weighted by Gasteiger charge is -2.03. The molecule has 0 atom stereocenters. The van der Waals surface area contributed by atoms with Crippen molar-refractivity contribution >= 4 is 27.5 Å². The zero-order valence-corrected chi connectivity index (χ0v) is 16.8. The minimum Gasteiger partial charge on any atom is -0.347 e. The zero-order valence-electron chi connectivity index (χ0n) is 15.2. The first-order valence-corrected chi connectivity index (χ1v) is 11.4. The number of benzene rings is 2. The van der Waals surface area contributed by atoms with Crippen LogP contribution in [0, 0.1) is 0 Å². The molecule has 3 rings (SSSR count). The molecule has 3 aromatic rings. The molecular weight excluding hydrogens is 398 g/mol. The van der Waals surface area contributed by atoms with Crippen molar-refractivity contribution in [3.8, 4) is 0 Å². The van der Waals surface area contributed by atoms with Crippen LogP contribution >= 0.6 is 11.8 Å². The zero-order chi connectivity index (χ0) is 20.0. The Labute approximate surface area is 167 Å². The van der Waals surface area contributed by atoms with Gasteiger partial charge in [0.25, 0.3) is 0 Å². The first-order valence-electron chi connectivity index (χ1n) is 8.49. The van der Waals surface area contributed by atoms with Gasteiger partial charge in [-0.3, -0.25) is 4.79 Å². The van der Waals surface area contributed by atoms with E-state index in [-0.39, 0.29) is 16.6 Å². The van der Waals surface area contributed by atoms with Crippen LogP contribution in [-0.2, 0) is 22.0 Å². The summed E-state index contributed by atoms with van der Waals surface area (Å²) in [5, 5.41) is 6.30. The van der Waals surface area contributed by atoms with Crippen molar-refractivity contribution in [1.29, 1.82) is 0 Å². The van der Waals surface area contributed by atoms with Crippen LogP contribution in [0.15, 0.2) is 68.9 Å². The highest BCUT2D eigenvalue weighted by Crippen LogP contribution is 2.15. The van der Waals surface area contributed by atoms with Crippen LogP contribution in [0.5, 0.6) is 0 Å². The molecule has 0 bridgehead atoms. The van der Waals surface area contributed by atoms with E-state index in [0.29, 0.717) is 13.0 Å². The van der Waals surface area contributed by atoms with Crippen LogP contribution in [-0.4, -0.2) is 37.3 Å². The monoisotopic (exact) mass is 417 g/mol. The largest absolute Gasteiger partial charge is 0.347 e. The predicted molar refractivity (Wildman–Crippen MR) is 106 cm³/mol. The fourth-order valence-electron chi connectivity index (χ4n) is 2.47. The maximum Gasteiger partial charge on any atom is 0.315 e. The summed E-state index contributed by atoms with van der Waals surface area (Å²) in [4.78, 5) is 17.4. The van der Waals surface area contributed by atoms with Crippen molar-refractivity contribution in [1.82, 2.24) is 15.5 Å². The van der Waals surface area contributed by atoms with Crippen molar-refractivity contribution in [2.75, 3.05) is 12.8 Å². The molecule has 0 radical (unpaired) electrons. The minimum absolute atomic E-state index is 0.0540. The minimum atomic E-state index is -3.60. The Morgan fingerprint density at radius 3 is 2.50 bits per heavy atom. The summed E-state index contributed by atoms with van der Waals surface area (Å²) in [5.74, 6) is -1.27. The van der Waals surface area contributed by atoms with Crippen LogP contribution in [0.4, 0.5) is 0 Å². The highest BCUT2D eigenvalue weighted by atomic mass is 32.2. The van der Waals surface area contributed by atoms with Crippen LogP contribution < -0.4 is 5.32 Å². The first kappa shape index (κ1) is 20.1. The number of carbonyl (C=O) groups excluding carboxylic acids is 1. The van der Waals surface area contributed by atoms with Crippen molar-refractivity contribution in [3.05, 3.63) is 71.9 Å². The highest BCUT2D eigenvalue weighted by Gasteiger charge is 2.21. The Kier molecular flexibility index (Phi) is 6.48. The number of sulfone groups is 1. The van der Waals surface area contributed by atoms with E-state index in [2.05, 4.69) is 15.5 Å². The summed E-state index contributed by atoms with van der Waals surface area (Å²) < 4.78 is 29.6. The van der Waals surface area contributed by atoms with E-state index in [0.717, 1.165) is 5.56 Å². The van der Waals surface area contributed by atoms with Gasteiger partial charge < -0.3 is 9.84 Å². The summed E-state index contributed by atoms with van der Waals surface area (Å²) in [6.45, 7) is 0.400. The molecule has 0 unspecified atom stereocenters.